The lowest BCUT2D eigenvalue weighted by molar-refractivity contribution is -0.123. The molecule has 6 heteroatoms. The second-order valence-electron chi connectivity index (χ2n) is 7.45. The Kier molecular flexibility index (Phi) is 4.34. The van der Waals surface area contributed by atoms with Crippen molar-refractivity contribution in [2.24, 2.45) is 5.92 Å². The molecule has 2 fully saturated rings. The van der Waals surface area contributed by atoms with Gasteiger partial charge in [0.15, 0.2) is 0 Å². The Balaban J connectivity index is 1.42. The summed E-state index contributed by atoms with van der Waals surface area (Å²) in [7, 11) is 0. The van der Waals surface area contributed by atoms with Crippen molar-refractivity contribution >= 4 is 22.8 Å². The normalized spacial score (nSPS) is 18.2. The van der Waals surface area contributed by atoms with E-state index in [1.165, 1.54) is 0 Å². The summed E-state index contributed by atoms with van der Waals surface area (Å²) in [5.41, 5.74) is 4.01. The number of nitrogens with zero attached hydrogens (tertiary/aromatic N) is 3. The molecule has 4 rings (SSSR count). The SMILES string of the molecule is Cc1nc2ccc(C(=O)N3CCC(NC(=O)C4CC4)CC3)cc2nc1C. The van der Waals surface area contributed by atoms with Crippen LogP contribution in [0.5, 0.6) is 0 Å². The van der Waals surface area contributed by atoms with Crippen molar-refractivity contribution in [1.29, 1.82) is 0 Å². The van der Waals surface area contributed by atoms with Gasteiger partial charge in [-0.2, -0.15) is 0 Å². The summed E-state index contributed by atoms with van der Waals surface area (Å²) < 4.78 is 0. The van der Waals surface area contributed by atoms with Gasteiger partial charge in [-0.15, -0.1) is 0 Å². The first-order chi connectivity index (χ1) is 12.5. The summed E-state index contributed by atoms with van der Waals surface area (Å²) in [6.45, 7) is 5.21. The molecule has 6 nitrogen and oxygen atoms in total. The van der Waals surface area contributed by atoms with Crippen LogP contribution < -0.4 is 5.32 Å². The van der Waals surface area contributed by atoms with Gasteiger partial charge in [0.25, 0.3) is 5.91 Å². The molecule has 1 saturated heterocycles. The zero-order valence-electron chi connectivity index (χ0n) is 15.3. The number of carbonyl (C=O) groups is 2. The van der Waals surface area contributed by atoms with Gasteiger partial charge in [-0.1, -0.05) is 0 Å². The van der Waals surface area contributed by atoms with Gasteiger partial charge in [-0.3, -0.25) is 9.59 Å². The van der Waals surface area contributed by atoms with Crippen molar-refractivity contribution in [1.82, 2.24) is 20.2 Å². The van der Waals surface area contributed by atoms with Crippen LogP contribution in [0.2, 0.25) is 0 Å². The molecule has 1 aliphatic carbocycles. The van der Waals surface area contributed by atoms with Crippen molar-refractivity contribution in [3.8, 4) is 0 Å². The van der Waals surface area contributed by atoms with Crippen LogP contribution in [0, 0.1) is 19.8 Å². The third-order valence-corrected chi connectivity index (χ3v) is 5.40. The van der Waals surface area contributed by atoms with Crippen LogP contribution >= 0.6 is 0 Å². The number of aryl methyl sites for hydroxylation is 2. The molecule has 0 bridgehead atoms. The van der Waals surface area contributed by atoms with E-state index in [1.807, 2.05) is 36.9 Å². The summed E-state index contributed by atoms with van der Waals surface area (Å²) in [4.78, 5) is 35.7. The standard InChI is InChI=1S/C20H24N4O2/c1-12-13(2)22-18-11-15(5-6-17(18)21-12)20(26)24-9-7-16(8-10-24)23-19(25)14-3-4-14/h5-6,11,14,16H,3-4,7-10H2,1-2H3,(H,23,25). The van der Waals surface area contributed by atoms with Gasteiger partial charge >= 0.3 is 0 Å². The Morgan fingerprint density at radius 2 is 1.65 bits per heavy atom. The van der Waals surface area contributed by atoms with E-state index in [2.05, 4.69) is 15.3 Å². The third kappa shape index (κ3) is 3.41. The van der Waals surface area contributed by atoms with Crippen LogP contribution in [0.25, 0.3) is 11.0 Å². The van der Waals surface area contributed by atoms with Gasteiger partial charge in [0.05, 0.1) is 22.4 Å². The highest BCUT2D eigenvalue weighted by molar-refractivity contribution is 5.97. The second-order valence-corrected chi connectivity index (χ2v) is 7.45. The maximum absolute atomic E-state index is 12.8. The van der Waals surface area contributed by atoms with Crippen LogP contribution in [0.4, 0.5) is 0 Å². The topological polar surface area (TPSA) is 75.2 Å². The summed E-state index contributed by atoms with van der Waals surface area (Å²) in [5.74, 6) is 0.452. The molecule has 1 aromatic carbocycles. The fourth-order valence-electron chi connectivity index (χ4n) is 3.44. The predicted octanol–water partition coefficient (Wildman–Crippen LogP) is 2.38. The highest BCUT2D eigenvalue weighted by Crippen LogP contribution is 2.29. The number of piperidine rings is 1. The first-order valence-corrected chi connectivity index (χ1v) is 9.36. The molecule has 2 aliphatic rings. The number of nitrogens with one attached hydrogen (secondary N) is 1. The lowest BCUT2D eigenvalue weighted by Gasteiger charge is -2.32. The summed E-state index contributed by atoms with van der Waals surface area (Å²) in [6, 6.07) is 5.72. The van der Waals surface area contributed by atoms with Crippen LogP contribution in [0.15, 0.2) is 18.2 Å². The van der Waals surface area contributed by atoms with Gasteiger partial charge in [0.2, 0.25) is 5.91 Å². The smallest absolute Gasteiger partial charge is 0.253 e. The minimum Gasteiger partial charge on any atom is -0.353 e. The Bertz CT molecular complexity index is 867. The molecule has 0 radical (unpaired) electrons. The number of amides is 2. The molecule has 1 saturated carbocycles. The van der Waals surface area contributed by atoms with Crippen molar-refractivity contribution in [3.05, 3.63) is 35.2 Å². The Morgan fingerprint density at radius 1 is 1.00 bits per heavy atom. The molecule has 0 atom stereocenters. The van der Waals surface area contributed by atoms with E-state index in [0.717, 1.165) is 48.1 Å². The second kappa shape index (κ2) is 6.67. The molecule has 0 unspecified atom stereocenters. The predicted molar refractivity (Wildman–Crippen MR) is 98.8 cm³/mol. The number of likely N-dealkylation sites (tertiary alicyclic amines) is 1. The Labute approximate surface area is 153 Å². The van der Waals surface area contributed by atoms with E-state index in [0.29, 0.717) is 18.7 Å². The first kappa shape index (κ1) is 16.9. The van der Waals surface area contributed by atoms with Crippen LogP contribution in [-0.2, 0) is 4.79 Å². The Hall–Kier alpha value is -2.50. The lowest BCUT2D eigenvalue weighted by Crippen LogP contribution is -2.46. The number of benzene rings is 1. The van der Waals surface area contributed by atoms with Gasteiger partial charge in [-0.05, 0) is 57.7 Å². The van der Waals surface area contributed by atoms with Gasteiger partial charge in [0.1, 0.15) is 0 Å². The summed E-state index contributed by atoms with van der Waals surface area (Å²) in [6.07, 6.45) is 3.67. The van der Waals surface area contributed by atoms with E-state index < -0.39 is 0 Å². The maximum atomic E-state index is 12.8. The number of hydrogen-bond acceptors (Lipinski definition) is 4. The molecule has 1 aliphatic heterocycles. The number of hydrogen-bond donors (Lipinski definition) is 1. The van der Waals surface area contributed by atoms with Crippen LogP contribution in [-0.4, -0.2) is 45.8 Å². The average Bonchev–Trinajstić information content (AvgIpc) is 3.48. The molecule has 1 N–H and O–H groups in total. The van der Waals surface area contributed by atoms with Gasteiger partial charge < -0.3 is 10.2 Å². The molecular formula is C20H24N4O2. The van der Waals surface area contributed by atoms with E-state index >= 15 is 0 Å². The average molecular weight is 352 g/mol. The number of aromatic nitrogens is 2. The molecule has 2 aromatic rings. The highest BCUT2D eigenvalue weighted by atomic mass is 16.2. The number of carbonyl (C=O) groups excluding carboxylic acids is 2. The summed E-state index contributed by atoms with van der Waals surface area (Å²) >= 11 is 0. The molecule has 26 heavy (non-hydrogen) atoms. The van der Waals surface area contributed by atoms with Gasteiger partial charge in [-0.25, -0.2) is 9.97 Å². The van der Waals surface area contributed by atoms with Crippen LogP contribution in [0.3, 0.4) is 0 Å². The van der Waals surface area contributed by atoms with Crippen molar-refractivity contribution in [2.45, 2.75) is 45.6 Å². The van der Waals surface area contributed by atoms with E-state index in [1.54, 1.807) is 0 Å². The fraction of sp³-hybridized carbons (Fsp3) is 0.500. The fourth-order valence-corrected chi connectivity index (χ4v) is 3.44. The quantitative estimate of drug-likeness (QED) is 0.920. The van der Waals surface area contributed by atoms with Crippen molar-refractivity contribution in [3.63, 3.8) is 0 Å². The molecule has 0 spiro atoms. The van der Waals surface area contributed by atoms with E-state index in [4.69, 9.17) is 0 Å². The zero-order chi connectivity index (χ0) is 18.3. The third-order valence-electron chi connectivity index (χ3n) is 5.40. The van der Waals surface area contributed by atoms with E-state index in [9.17, 15) is 9.59 Å². The molecule has 2 heterocycles. The van der Waals surface area contributed by atoms with Crippen molar-refractivity contribution < 1.29 is 9.59 Å². The number of fused-ring (bicyclic) bond motifs is 1. The highest BCUT2D eigenvalue weighted by Gasteiger charge is 2.32. The largest absolute Gasteiger partial charge is 0.353 e. The Morgan fingerprint density at radius 3 is 2.31 bits per heavy atom. The molecule has 1 aromatic heterocycles. The molecule has 2 amide bonds. The first-order valence-electron chi connectivity index (χ1n) is 9.36. The minimum absolute atomic E-state index is 0.0268. The number of rotatable bonds is 3. The van der Waals surface area contributed by atoms with E-state index in [-0.39, 0.29) is 23.8 Å². The van der Waals surface area contributed by atoms with Crippen LogP contribution in [0.1, 0.15) is 47.4 Å². The van der Waals surface area contributed by atoms with Gasteiger partial charge in [0, 0.05) is 30.6 Å². The minimum atomic E-state index is 0.0268. The molecular weight excluding hydrogens is 328 g/mol. The molecule has 136 valence electrons. The maximum Gasteiger partial charge on any atom is 0.253 e. The van der Waals surface area contributed by atoms with Crippen molar-refractivity contribution in [2.75, 3.05) is 13.1 Å². The monoisotopic (exact) mass is 352 g/mol. The summed E-state index contributed by atoms with van der Waals surface area (Å²) in [5, 5.41) is 3.12. The zero-order valence-corrected chi connectivity index (χ0v) is 15.3. The lowest BCUT2D eigenvalue weighted by atomic mass is 10.0.